The first-order chi connectivity index (χ1) is 9.91. The van der Waals surface area contributed by atoms with Crippen LogP contribution in [0.1, 0.15) is 19.8 Å². The van der Waals surface area contributed by atoms with Crippen molar-refractivity contribution in [1.29, 1.82) is 0 Å². The van der Waals surface area contributed by atoms with E-state index in [4.69, 9.17) is 18.9 Å². The molecule has 2 saturated carbocycles. The normalized spacial score (nSPS) is 42.7. The van der Waals surface area contributed by atoms with Crippen LogP contribution in [0.3, 0.4) is 0 Å². The Kier molecular flexibility index (Phi) is 3.02. The van der Waals surface area contributed by atoms with Crippen LogP contribution in [0.15, 0.2) is 0 Å². The van der Waals surface area contributed by atoms with Gasteiger partial charge in [0.2, 0.25) is 0 Å². The van der Waals surface area contributed by atoms with Crippen LogP contribution in [0, 0.1) is 17.3 Å². The average Bonchev–Trinajstić information content (AvgIpc) is 3.36. The van der Waals surface area contributed by atoms with Crippen molar-refractivity contribution >= 4 is 17.9 Å². The number of methoxy groups -OCH3 is 2. The van der Waals surface area contributed by atoms with E-state index in [1.807, 2.05) is 0 Å². The predicted octanol–water partition coefficient (Wildman–Crippen LogP) is 0.0593. The lowest BCUT2D eigenvalue weighted by atomic mass is 9.84. The molecule has 116 valence electrons. The maximum atomic E-state index is 12.0. The maximum Gasteiger partial charge on any atom is 0.341 e. The number of carbonyl (C=O) groups excluding carboxylic acids is 3. The first kappa shape index (κ1) is 14.3. The molecule has 7 nitrogen and oxygen atoms in total. The van der Waals surface area contributed by atoms with Gasteiger partial charge in [-0.15, -0.1) is 0 Å². The van der Waals surface area contributed by atoms with E-state index in [0.717, 1.165) is 0 Å². The number of rotatable bonds is 4. The third-order valence-corrected chi connectivity index (χ3v) is 4.99. The summed E-state index contributed by atoms with van der Waals surface area (Å²) in [4.78, 5) is 35.3. The van der Waals surface area contributed by atoms with Crippen molar-refractivity contribution in [2.45, 2.75) is 31.5 Å². The molecule has 3 rings (SSSR count). The first-order valence-corrected chi connectivity index (χ1v) is 6.89. The van der Waals surface area contributed by atoms with Crippen LogP contribution in [0.5, 0.6) is 0 Å². The molecule has 0 unspecified atom stereocenters. The second-order valence-corrected chi connectivity index (χ2v) is 6.01. The minimum absolute atomic E-state index is 0.107. The second-order valence-electron chi connectivity index (χ2n) is 6.01. The van der Waals surface area contributed by atoms with Gasteiger partial charge in [-0.05, 0) is 12.8 Å². The van der Waals surface area contributed by atoms with Crippen molar-refractivity contribution in [2.24, 2.45) is 17.3 Å². The van der Waals surface area contributed by atoms with Gasteiger partial charge in [-0.3, -0.25) is 9.59 Å². The van der Waals surface area contributed by atoms with Gasteiger partial charge in [-0.1, -0.05) is 0 Å². The Balaban J connectivity index is 1.87. The molecule has 3 fully saturated rings. The Morgan fingerprint density at radius 1 is 1.05 bits per heavy atom. The number of ether oxygens (including phenoxy) is 4. The fourth-order valence-electron chi connectivity index (χ4n) is 3.83. The van der Waals surface area contributed by atoms with Gasteiger partial charge in [-0.25, -0.2) is 4.79 Å². The van der Waals surface area contributed by atoms with Crippen molar-refractivity contribution in [2.75, 3.05) is 20.8 Å². The Morgan fingerprint density at radius 2 is 1.62 bits per heavy atom. The highest BCUT2D eigenvalue weighted by molar-refractivity contribution is 5.85. The minimum Gasteiger partial charge on any atom is -0.469 e. The van der Waals surface area contributed by atoms with E-state index >= 15 is 0 Å². The van der Waals surface area contributed by atoms with Crippen molar-refractivity contribution in [3.05, 3.63) is 0 Å². The zero-order chi connectivity index (χ0) is 15.4. The van der Waals surface area contributed by atoms with Gasteiger partial charge in [0, 0.05) is 18.8 Å². The van der Waals surface area contributed by atoms with Gasteiger partial charge in [0.25, 0.3) is 0 Å². The largest absolute Gasteiger partial charge is 0.469 e. The van der Waals surface area contributed by atoms with Crippen LogP contribution in [0.4, 0.5) is 0 Å². The van der Waals surface area contributed by atoms with Crippen LogP contribution in [0.25, 0.3) is 0 Å². The molecular weight excluding hydrogens is 280 g/mol. The fourth-order valence-corrected chi connectivity index (χ4v) is 3.83. The summed E-state index contributed by atoms with van der Waals surface area (Å²) in [6.45, 7) is 1.54. The van der Waals surface area contributed by atoms with Gasteiger partial charge < -0.3 is 18.9 Å². The molecule has 0 N–H and O–H groups in total. The molecule has 2 aliphatic carbocycles. The molecule has 21 heavy (non-hydrogen) atoms. The standard InChI is InChI=1S/C14H18O7/c1-7(15)21-10-8-4-13(8,11(16)18-2)5-9(10)14(6-20-14)12(17)19-3/h8-10H,4-6H2,1-3H3/t8-,9+,10+,13-,14-/m1/s1. The zero-order valence-corrected chi connectivity index (χ0v) is 12.2. The van der Waals surface area contributed by atoms with Crippen molar-refractivity contribution in [1.82, 2.24) is 0 Å². The smallest absolute Gasteiger partial charge is 0.341 e. The summed E-state index contributed by atoms with van der Waals surface area (Å²) < 4.78 is 20.4. The van der Waals surface area contributed by atoms with E-state index in [2.05, 4.69) is 0 Å². The van der Waals surface area contributed by atoms with E-state index in [1.165, 1.54) is 21.1 Å². The Labute approximate surface area is 121 Å². The highest BCUT2D eigenvalue weighted by atomic mass is 16.6. The van der Waals surface area contributed by atoms with Crippen LogP contribution in [-0.2, 0) is 33.3 Å². The summed E-state index contributed by atoms with van der Waals surface area (Å²) >= 11 is 0. The number of hydrogen-bond acceptors (Lipinski definition) is 7. The van der Waals surface area contributed by atoms with E-state index in [-0.39, 0.29) is 24.4 Å². The van der Waals surface area contributed by atoms with Gasteiger partial charge in [0.05, 0.1) is 26.2 Å². The van der Waals surface area contributed by atoms with Crippen LogP contribution in [-0.4, -0.2) is 50.4 Å². The minimum atomic E-state index is -1.08. The van der Waals surface area contributed by atoms with E-state index in [0.29, 0.717) is 12.8 Å². The van der Waals surface area contributed by atoms with Gasteiger partial charge in [0.15, 0.2) is 5.60 Å². The van der Waals surface area contributed by atoms with E-state index in [1.54, 1.807) is 0 Å². The number of hydrogen-bond donors (Lipinski definition) is 0. The Morgan fingerprint density at radius 3 is 2.10 bits per heavy atom. The van der Waals surface area contributed by atoms with Crippen molar-refractivity contribution < 1.29 is 33.3 Å². The number of fused-ring (bicyclic) bond motifs is 1. The lowest BCUT2D eigenvalue weighted by molar-refractivity contribution is -0.159. The molecule has 1 aliphatic heterocycles. The first-order valence-electron chi connectivity index (χ1n) is 6.89. The summed E-state index contributed by atoms with van der Waals surface area (Å²) in [5, 5.41) is 0. The topological polar surface area (TPSA) is 91.4 Å². The molecule has 1 saturated heterocycles. The molecular formula is C14H18O7. The Bertz CT molecular complexity index is 509. The third-order valence-electron chi connectivity index (χ3n) is 4.99. The summed E-state index contributed by atoms with van der Waals surface area (Å²) in [5.41, 5.74) is -1.73. The summed E-state index contributed by atoms with van der Waals surface area (Å²) in [6, 6.07) is 0. The van der Waals surface area contributed by atoms with Crippen molar-refractivity contribution in [3.8, 4) is 0 Å². The van der Waals surface area contributed by atoms with Gasteiger partial charge >= 0.3 is 17.9 Å². The van der Waals surface area contributed by atoms with Gasteiger partial charge in [0.1, 0.15) is 6.10 Å². The number of carbonyl (C=O) groups is 3. The molecule has 1 heterocycles. The summed E-state index contributed by atoms with van der Waals surface area (Å²) in [5.74, 6) is -1.70. The second kappa shape index (κ2) is 4.43. The SMILES string of the molecule is COC(=O)[C@@]12C[C@@H]1[C@H](OC(C)=O)[C@@H]([C@@]1(C(=O)OC)CO1)C2. The molecule has 0 spiro atoms. The van der Waals surface area contributed by atoms with Crippen LogP contribution in [0.2, 0.25) is 0 Å². The highest BCUT2D eigenvalue weighted by Crippen LogP contribution is 2.69. The Hall–Kier alpha value is -1.63. The average molecular weight is 298 g/mol. The van der Waals surface area contributed by atoms with Crippen LogP contribution < -0.4 is 0 Å². The molecule has 7 heteroatoms. The number of esters is 3. The highest BCUT2D eigenvalue weighted by Gasteiger charge is 2.78. The molecule has 0 aromatic carbocycles. The number of epoxide rings is 1. The van der Waals surface area contributed by atoms with E-state index in [9.17, 15) is 14.4 Å². The quantitative estimate of drug-likeness (QED) is 0.411. The summed E-state index contributed by atoms with van der Waals surface area (Å²) in [6.07, 6.45) is 0.520. The molecule has 0 aromatic heterocycles. The van der Waals surface area contributed by atoms with Gasteiger partial charge in [-0.2, -0.15) is 0 Å². The lowest BCUT2D eigenvalue weighted by Crippen LogP contribution is -2.42. The predicted molar refractivity (Wildman–Crippen MR) is 66.9 cm³/mol. The van der Waals surface area contributed by atoms with Crippen LogP contribution >= 0.6 is 0 Å². The molecule has 5 atom stereocenters. The molecule has 3 aliphatic rings. The molecule has 0 bridgehead atoms. The van der Waals surface area contributed by atoms with Crippen molar-refractivity contribution in [3.63, 3.8) is 0 Å². The molecule has 0 amide bonds. The third kappa shape index (κ3) is 1.87. The fraction of sp³-hybridized carbons (Fsp3) is 0.786. The molecule has 0 radical (unpaired) electrons. The van der Waals surface area contributed by atoms with E-state index < -0.39 is 29.1 Å². The molecule has 0 aromatic rings. The lowest BCUT2D eigenvalue weighted by Gasteiger charge is -2.26. The zero-order valence-electron chi connectivity index (χ0n) is 12.2. The maximum absolute atomic E-state index is 12.0. The monoisotopic (exact) mass is 298 g/mol. The summed E-state index contributed by atoms with van der Waals surface area (Å²) in [7, 11) is 2.63.